The highest BCUT2D eigenvalue weighted by Gasteiger charge is 2.36. The van der Waals surface area contributed by atoms with Crippen LogP contribution in [0, 0.1) is 5.41 Å². The zero-order valence-electron chi connectivity index (χ0n) is 34.8. The lowest BCUT2D eigenvalue weighted by atomic mass is 9.85. The van der Waals surface area contributed by atoms with Gasteiger partial charge in [0, 0.05) is 29.0 Å². The van der Waals surface area contributed by atoms with E-state index in [4.69, 9.17) is 37.3 Å². The second kappa shape index (κ2) is 19.4. The number of hydrogen-bond donors (Lipinski definition) is 1. The summed E-state index contributed by atoms with van der Waals surface area (Å²) in [6, 6.07) is 41.7. The molecule has 5 aromatic carbocycles. The van der Waals surface area contributed by atoms with Crippen molar-refractivity contribution in [3.05, 3.63) is 155 Å². The van der Waals surface area contributed by atoms with Crippen LogP contribution in [0.5, 0.6) is 5.75 Å². The van der Waals surface area contributed by atoms with Crippen LogP contribution in [-0.2, 0) is 17.4 Å². The Morgan fingerprint density at radius 2 is 1.53 bits per heavy atom. The van der Waals surface area contributed by atoms with E-state index >= 15 is 0 Å². The molecule has 2 amide bonds. The SMILES string of the molecule is CCN(CC)CCOc1ccc(Nc2ncc3c(n2)N(c2cccc(CC(O[SiH](c4ccccc4)c4ccccc4)C(C)(C)C)c2)C(=O)N(c2ccc(Cl)cc2Cl)C3)cc1. The Bertz CT molecular complexity index is 2320. The number of ether oxygens (including phenoxy) is 1. The number of likely N-dealkylation sites (N-methyl/N-ethyl adjacent to an activating group) is 1. The molecular formula is C48H52Cl2N6O3Si. The van der Waals surface area contributed by atoms with E-state index in [1.807, 2.05) is 48.5 Å². The average molecular weight is 860 g/mol. The predicted octanol–water partition coefficient (Wildman–Crippen LogP) is 10.0. The molecular weight excluding hydrogens is 808 g/mol. The molecule has 0 bridgehead atoms. The first-order valence-corrected chi connectivity index (χ1v) is 22.9. The number of nitrogens with zero attached hydrogens (tertiary/aromatic N) is 5. The molecule has 7 rings (SSSR count). The van der Waals surface area contributed by atoms with Gasteiger partial charge in [-0.1, -0.05) is 131 Å². The molecule has 1 atom stereocenters. The average Bonchev–Trinajstić information content (AvgIpc) is 3.25. The van der Waals surface area contributed by atoms with Gasteiger partial charge in [-0.3, -0.25) is 4.90 Å². The van der Waals surface area contributed by atoms with Crippen molar-refractivity contribution in [2.45, 2.75) is 53.7 Å². The number of urea groups is 1. The molecule has 2 heterocycles. The molecule has 0 saturated carbocycles. The molecule has 6 aromatic rings. The first-order valence-electron chi connectivity index (χ1n) is 20.5. The number of nitrogens with one attached hydrogen (secondary N) is 1. The van der Waals surface area contributed by atoms with Gasteiger partial charge in [0.25, 0.3) is 0 Å². The zero-order valence-corrected chi connectivity index (χ0v) is 37.5. The van der Waals surface area contributed by atoms with Gasteiger partial charge in [-0.25, -0.2) is 14.7 Å². The van der Waals surface area contributed by atoms with Gasteiger partial charge >= 0.3 is 6.03 Å². The third kappa shape index (κ3) is 10.4. The van der Waals surface area contributed by atoms with E-state index in [9.17, 15) is 4.79 Å². The first-order chi connectivity index (χ1) is 29.0. The van der Waals surface area contributed by atoms with Gasteiger partial charge in [0.1, 0.15) is 12.4 Å². The molecule has 12 heteroatoms. The van der Waals surface area contributed by atoms with Crippen LogP contribution in [0.25, 0.3) is 0 Å². The summed E-state index contributed by atoms with van der Waals surface area (Å²) in [5, 5.41) is 6.63. The smallest absolute Gasteiger partial charge is 0.335 e. The lowest BCUT2D eigenvalue weighted by Gasteiger charge is -2.37. The summed E-state index contributed by atoms with van der Waals surface area (Å²) in [4.78, 5) is 30.1. The molecule has 0 aliphatic carbocycles. The van der Waals surface area contributed by atoms with Gasteiger partial charge in [0.2, 0.25) is 15.0 Å². The molecule has 310 valence electrons. The fraction of sp³-hybridized carbons (Fsp3) is 0.271. The Hall–Kier alpha value is -5.23. The van der Waals surface area contributed by atoms with Crippen molar-refractivity contribution in [3.63, 3.8) is 0 Å². The standard InChI is InChI=1S/C48H52Cl2N6O3Si/c1-6-54(7-2)27-28-58-39-24-22-37(23-25-39)52-46-51-32-35-33-55(43-26-21-36(49)31-42(43)50)47(57)56(45(35)53-46)38-16-14-15-34(29-38)30-44(48(3,4)5)59-60(40-17-10-8-11-18-40)41-19-12-9-13-20-41/h8-26,29,31-32,44,60H,6-7,27-28,30,33H2,1-5H3,(H,51,52,53). The topological polar surface area (TPSA) is 83.1 Å². The number of carbonyl (C=O) groups excluding carboxylic acids is 1. The van der Waals surface area contributed by atoms with Crippen LogP contribution in [-0.4, -0.2) is 62.3 Å². The number of amides is 2. The zero-order chi connectivity index (χ0) is 42.2. The maximum atomic E-state index is 14.8. The summed E-state index contributed by atoms with van der Waals surface area (Å²) < 4.78 is 13.3. The van der Waals surface area contributed by atoms with Gasteiger partial charge in [0.05, 0.1) is 29.0 Å². The fourth-order valence-corrected chi connectivity index (χ4v) is 10.5. The number of aromatic nitrogens is 2. The van der Waals surface area contributed by atoms with E-state index in [2.05, 4.69) is 110 Å². The quantitative estimate of drug-likeness (QED) is 0.0971. The van der Waals surface area contributed by atoms with Crippen LogP contribution in [0.3, 0.4) is 0 Å². The third-order valence-electron chi connectivity index (χ3n) is 10.7. The summed E-state index contributed by atoms with van der Waals surface area (Å²) in [5.41, 5.74) is 3.59. The van der Waals surface area contributed by atoms with E-state index in [1.54, 1.807) is 34.2 Å². The van der Waals surface area contributed by atoms with Crippen molar-refractivity contribution < 1.29 is 14.0 Å². The van der Waals surface area contributed by atoms with Gasteiger partial charge in [-0.05, 0) is 95.5 Å². The Labute approximate surface area is 365 Å². The summed E-state index contributed by atoms with van der Waals surface area (Å²) >= 11 is 13.0. The molecule has 0 fully saturated rings. The van der Waals surface area contributed by atoms with E-state index in [0.717, 1.165) is 42.2 Å². The maximum Gasteiger partial charge on any atom is 0.335 e. The molecule has 1 aliphatic heterocycles. The van der Waals surface area contributed by atoms with Crippen molar-refractivity contribution in [2.75, 3.05) is 41.4 Å². The Kier molecular flexibility index (Phi) is 13.9. The molecule has 1 unspecified atom stereocenters. The van der Waals surface area contributed by atoms with E-state index in [1.165, 1.54) is 10.4 Å². The Balaban J connectivity index is 1.19. The molecule has 1 N–H and O–H groups in total. The number of fused-ring (bicyclic) bond motifs is 1. The lowest BCUT2D eigenvalue weighted by molar-refractivity contribution is 0.0897. The van der Waals surface area contributed by atoms with Crippen LogP contribution in [0.4, 0.5) is 33.6 Å². The minimum atomic E-state index is -2.07. The molecule has 60 heavy (non-hydrogen) atoms. The fourth-order valence-electron chi connectivity index (χ4n) is 7.29. The minimum absolute atomic E-state index is 0.129. The maximum absolute atomic E-state index is 14.8. The van der Waals surface area contributed by atoms with Crippen molar-refractivity contribution in [3.8, 4) is 5.75 Å². The second-order valence-corrected chi connectivity index (χ2v) is 19.1. The third-order valence-corrected chi connectivity index (χ3v) is 13.9. The van der Waals surface area contributed by atoms with Crippen molar-refractivity contribution in [1.82, 2.24) is 14.9 Å². The summed E-state index contributed by atoms with van der Waals surface area (Å²) in [7, 11) is -2.07. The van der Waals surface area contributed by atoms with Crippen molar-refractivity contribution >= 4 is 77.5 Å². The van der Waals surface area contributed by atoms with Crippen LogP contribution in [0.1, 0.15) is 45.7 Å². The van der Waals surface area contributed by atoms with Crippen molar-refractivity contribution in [1.29, 1.82) is 0 Å². The van der Waals surface area contributed by atoms with Gasteiger partial charge in [-0.15, -0.1) is 0 Å². The second-order valence-electron chi connectivity index (χ2n) is 15.9. The molecule has 9 nitrogen and oxygen atoms in total. The molecule has 0 saturated heterocycles. The summed E-state index contributed by atoms with van der Waals surface area (Å²) in [6.45, 7) is 14.6. The number of anilines is 5. The first kappa shape index (κ1) is 42.9. The number of rotatable bonds is 16. The highest BCUT2D eigenvalue weighted by atomic mass is 35.5. The Morgan fingerprint density at radius 1 is 0.850 bits per heavy atom. The minimum Gasteiger partial charge on any atom is -0.492 e. The molecule has 0 radical (unpaired) electrons. The largest absolute Gasteiger partial charge is 0.492 e. The van der Waals surface area contributed by atoms with E-state index in [0.29, 0.717) is 46.2 Å². The lowest BCUT2D eigenvalue weighted by Crippen LogP contribution is -2.50. The van der Waals surface area contributed by atoms with Crippen LogP contribution >= 0.6 is 23.2 Å². The van der Waals surface area contributed by atoms with Crippen LogP contribution < -0.4 is 30.2 Å². The number of hydrogen-bond acceptors (Lipinski definition) is 7. The highest BCUT2D eigenvalue weighted by Crippen LogP contribution is 2.40. The Morgan fingerprint density at radius 3 is 2.17 bits per heavy atom. The predicted molar refractivity (Wildman–Crippen MR) is 249 cm³/mol. The van der Waals surface area contributed by atoms with E-state index < -0.39 is 9.04 Å². The number of carbonyl (C=O) groups is 1. The molecule has 0 spiro atoms. The van der Waals surface area contributed by atoms with Crippen LogP contribution in [0.2, 0.25) is 10.0 Å². The van der Waals surface area contributed by atoms with Crippen molar-refractivity contribution in [2.24, 2.45) is 5.41 Å². The van der Waals surface area contributed by atoms with Gasteiger partial charge < -0.3 is 19.4 Å². The molecule has 1 aliphatic rings. The molecule has 1 aromatic heterocycles. The van der Waals surface area contributed by atoms with Crippen LogP contribution in [0.15, 0.2) is 134 Å². The van der Waals surface area contributed by atoms with E-state index in [-0.39, 0.29) is 24.1 Å². The van der Waals surface area contributed by atoms with Gasteiger partial charge in [-0.2, -0.15) is 4.98 Å². The number of benzene rings is 5. The van der Waals surface area contributed by atoms with Gasteiger partial charge in [0.15, 0.2) is 5.82 Å². The highest BCUT2D eigenvalue weighted by molar-refractivity contribution is 6.80. The summed E-state index contributed by atoms with van der Waals surface area (Å²) in [5.74, 6) is 1.63. The summed E-state index contributed by atoms with van der Waals surface area (Å²) in [6.07, 6.45) is 2.26. The monoisotopic (exact) mass is 858 g/mol. The number of halogens is 2. The normalized spacial score (nSPS) is 13.4.